The minimum atomic E-state index is -3.74. The minimum Gasteiger partial charge on any atom is -0.321 e. The fourth-order valence-corrected chi connectivity index (χ4v) is 4.20. The van der Waals surface area contributed by atoms with Crippen molar-refractivity contribution in [2.75, 3.05) is 11.6 Å². The molecule has 7 heteroatoms. The first kappa shape index (κ1) is 18.9. The summed E-state index contributed by atoms with van der Waals surface area (Å²) in [5.74, 6) is -1.01. The van der Waals surface area contributed by atoms with Gasteiger partial charge in [0.1, 0.15) is 0 Å². The number of amides is 2. The van der Waals surface area contributed by atoms with E-state index in [-0.39, 0.29) is 18.0 Å². The second-order valence-electron chi connectivity index (χ2n) is 6.78. The fourth-order valence-electron chi connectivity index (χ4n) is 3.44. The number of benzene rings is 3. The molecule has 3 aromatic rings. The van der Waals surface area contributed by atoms with E-state index in [0.717, 1.165) is 21.7 Å². The molecule has 0 bridgehead atoms. The molecule has 0 saturated heterocycles. The second-order valence-corrected chi connectivity index (χ2v) is 8.68. The number of hydrogen-bond acceptors (Lipinski definition) is 4. The standard InChI is InChI=1S/C22H18N2O4S/c1-29(27,28)24-14-18-17(15-8-4-2-5-9-15)12-13-19(20(18)22(24)26)23-21(25)16-10-6-3-7-11-16/h2-13H,14H2,1H3,(H,23,25). The first-order chi connectivity index (χ1) is 13.9. The van der Waals surface area contributed by atoms with Crippen LogP contribution >= 0.6 is 0 Å². The number of fused-ring (bicyclic) bond motifs is 1. The van der Waals surface area contributed by atoms with Crippen molar-refractivity contribution < 1.29 is 18.0 Å². The van der Waals surface area contributed by atoms with E-state index in [2.05, 4.69) is 5.32 Å². The third-order valence-corrected chi connectivity index (χ3v) is 5.92. The van der Waals surface area contributed by atoms with Crippen LogP contribution < -0.4 is 5.32 Å². The number of carbonyl (C=O) groups excluding carboxylic acids is 2. The predicted octanol–water partition coefficient (Wildman–Crippen LogP) is 3.52. The Hall–Kier alpha value is -3.45. The molecule has 0 spiro atoms. The summed E-state index contributed by atoms with van der Waals surface area (Å²) in [7, 11) is -3.74. The van der Waals surface area contributed by atoms with Crippen LogP contribution in [0.1, 0.15) is 26.3 Å². The molecule has 0 fully saturated rings. The Morgan fingerprint density at radius 2 is 1.55 bits per heavy atom. The molecule has 0 aliphatic carbocycles. The van der Waals surface area contributed by atoms with Gasteiger partial charge in [-0.15, -0.1) is 0 Å². The number of nitrogens with zero attached hydrogens (tertiary/aromatic N) is 1. The molecule has 0 radical (unpaired) electrons. The zero-order valence-electron chi connectivity index (χ0n) is 15.6. The van der Waals surface area contributed by atoms with Gasteiger partial charge < -0.3 is 5.32 Å². The zero-order valence-corrected chi connectivity index (χ0v) is 16.4. The summed E-state index contributed by atoms with van der Waals surface area (Å²) >= 11 is 0. The summed E-state index contributed by atoms with van der Waals surface area (Å²) < 4.78 is 25.1. The van der Waals surface area contributed by atoms with Gasteiger partial charge in [-0.25, -0.2) is 12.7 Å². The largest absolute Gasteiger partial charge is 0.321 e. The lowest BCUT2D eigenvalue weighted by atomic mass is 9.95. The van der Waals surface area contributed by atoms with E-state index < -0.39 is 15.9 Å². The van der Waals surface area contributed by atoms with Crippen molar-refractivity contribution in [1.82, 2.24) is 4.31 Å². The van der Waals surface area contributed by atoms with Crippen molar-refractivity contribution in [2.45, 2.75) is 6.54 Å². The zero-order chi connectivity index (χ0) is 20.6. The molecular weight excluding hydrogens is 388 g/mol. The first-order valence-electron chi connectivity index (χ1n) is 8.96. The number of rotatable bonds is 4. The summed E-state index contributed by atoms with van der Waals surface area (Å²) in [6, 6.07) is 21.5. The van der Waals surface area contributed by atoms with Crippen molar-refractivity contribution >= 4 is 27.5 Å². The Morgan fingerprint density at radius 3 is 2.17 bits per heavy atom. The Labute approximate surface area is 168 Å². The maximum absolute atomic E-state index is 13.0. The van der Waals surface area contributed by atoms with Gasteiger partial charge in [0.15, 0.2) is 0 Å². The van der Waals surface area contributed by atoms with Crippen molar-refractivity contribution in [3.05, 3.63) is 89.5 Å². The highest BCUT2D eigenvalue weighted by Crippen LogP contribution is 2.38. The maximum atomic E-state index is 13.0. The molecule has 2 amide bonds. The van der Waals surface area contributed by atoms with Crippen LogP contribution in [0.3, 0.4) is 0 Å². The molecule has 4 rings (SSSR count). The van der Waals surface area contributed by atoms with E-state index in [1.807, 2.05) is 30.3 Å². The lowest BCUT2D eigenvalue weighted by Crippen LogP contribution is -2.30. The summed E-state index contributed by atoms with van der Waals surface area (Å²) in [5.41, 5.74) is 3.16. The Bertz CT molecular complexity index is 1210. The Balaban J connectivity index is 1.82. The average molecular weight is 406 g/mol. The van der Waals surface area contributed by atoms with E-state index in [0.29, 0.717) is 16.8 Å². The van der Waals surface area contributed by atoms with E-state index in [1.165, 1.54) is 0 Å². The van der Waals surface area contributed by atoms with E-state index >= 15 is 0 Å². The van der Waals surface area contributed by atoms with Crippen LogP contribution in [0.5, 0.6) is 0 Å². The van der Waals surface area contributed by atoms with Crippen LogP contribution in [0.15, 0.2) is 72.8 Å². The Kier molecular flexibility index (Phi) is 4.68. The van der Waals surface area contributed by atoms with Crippen molar-refractivity contribution in [1.29, 1.82) is 0 Å². The van der Waals surface area contributed by atoms with Gasteiger partial charge in [-0.2, -0.15) is 0 Å². The molecule has 1 N–H and O–H groups in total. The van der Waals surface area contributed by atoms with Crippen LogP contribution in [0.4, 0.5) is 5.69 Å². The smallest absolute Gasteiger partial charge is 0.270 e. The molecule has 1 aliphatic rings. The van der Waals surface area contributed by atoms with Gasteiger partial charge in [0.05, 0.1) is 24.1 Å². The summed E-state index contributed by atoms with van der Waals surface area (Å²) in [6.07, 6.45) is 1.00. The van der Waals surface area contributed by atoms with Gasteiger partial charge in [0.2, 0.25) is 10.0 Å². The number of hydrogen-bond donors (Lipinski definition) is 1. The molecule has 146 valence electrons. The van der Waals surface area contributed by atoms with Crippen molar-refractivity contribution in [2.24, 2.45) is 0 Å². The Morgan fingerprint density at radius 1 is 0.931 bits per heavy atom. The number of carbonyl (C=O) groups is 2. The highest BCUT2D eigenvalue weighted by Gasteiger charge is 2.37. The van der Waals surface area contributed by atoms with Gasteiger partial charge in [0, 0.05) is 5.56 Å². The molecule has 0 saturated carbocycles. The van der Waals surface area contributed by atoms with Crippen molar-refractivity contribution in [3.63, 3.8) is 0 Å². The molecule has 0 unspecified atom stereocenters. The lowest BCUT2D eigenvalue weighted by molar-refractivity contribution is 0.0881. The van der Waals surface area contributed by atoms with Crippen LogP contribution in [0.2, 0.25) is 0 Å². The third kappa shape index (κ3) is 3.52. The van der Waals surface area contributed by atoms with Crippen LogP contribution in [-0.4, -0.2) is 30.8 Å². The van der Waals surface area contributed by atoms with E-state index in [1.54, 1.807) is 42.5 Å². The maximum Gasteiger partial charge on any atom is 0.270 e. The molecule has 29 heavy (non-hydrogen) atoms. The van der Waals surface area contributed by atoms with Gasteiger partial charge in [-0.1, -0.05) is 54.6 Å². The molecule has 0 aromatic heterocycles. The monoisotopic (exact) mass is 406 g/mol. The fraction of sp³-hybridized carbons (Fsp3) is 0.0909. The first-order valence-corrected chi connectivity index (χ1v) is 10.8. The lowest BCUT2D eigenvalue weighted by Gasteiger charge is -2.13. The molecule has 1 aliphatic heterocycles. The van der Waals surface area contributed by atoms with Gasteiger partial charge in [-0.3, -0.25) is 9.59 Å². The van der Waals surface area contributed by atoms with Gasteiger partial charge >= 0.3 is 0 Å². The number of anilines is 1. The SMILES string of the molecule is CS(=O)(=O)N1Cc2c(-c3ccccc3)ccc(NC(=O)c3ccccc3)c2C1=O. The molecule has 0 atom stereocenters. The average Bonchev–Trinajstić information content (AvgIpc) is 3.08. The molecule has 3 aromatic carbocycles. The normalized spacial score (nSPS) is 13.3. The van der Waals surface area contributed by atoms with Gasteiger partial charge in [0.25, 0.3) is 11.8 Å². The predicted molar refractivity (Wildman–Crippen MR) is 111 cm³/mol. The quantitative estimate of drug-likeness (QED) is 0.719. The van der Waals surface area contributed by atoms with E-state index in [4.69, 9.17) is 0 Å². The molecule has 1 heterocycles. The number of nitrogens with one attached hydrogen (secondary N) is 1. The highest BCUT2D eigenvalue weighted by atomic mass is 32.2. The highest BCUT2D eigenvalue weighted by molar-refractivity contribution is 7.88. The van der Waals surface area contributed by atoms with Crippen LogP contribution in [-0.2, 0) is 16.6 Å². The van der Waals surface area contributed by atoms with Crippen LogP contribution in [0, 0.1) is 0 Å². The third-order valence-electron chi connectivity index (χ3n) is 4.82. The van der Waals surface area contributed by atoms with E-state index in [9.17, 15) is 18.0 Å². The molecular formula is C22H18N2O4S. The summed E-state index contributed by atoms with van der Waals surface area (Å²) in [6.45, 7) is -0.0632. The molecule has 6 nitrogen and oxygen atoms in total. The van der Waals surface area contributed by atoms with Crippen molar-refractivity contribution in [3.8, 4) is 11.1 Å². The minimum absolute atomic E-state index is 0.0632. The topological polar surface area (TPSA) is 83.6 Å². The summed E-state index contributed by atoms with van der Waals surface area (Å²) in [4.78, 5) is 25.6. The van der Waals surface area contributed by atoms with Gasteiger partial charge in [-0.05, 0) is 34.9 Å². The number of sulfonamides is 1. The second kappa shape index (κ2) is 7.18. The summed E-state index contributed by atoms with van der Waals surface area (Å²) in [5, 5.41) is 2.76. The van der Waals surface area contributed by atoms with Crippen LogP contribution in [0.25, 0.3) is 11.1 Å².